The molecule has 5 heteroatoms. The molecule has 0 saturated carbocycles. The summed E-state index contributed by atoms with van der Waals surface area (Å²) in [6.45, 7) is 2.73. The lowest BCUT2D eigenvalue weighted by atomic mass is 10.1. The van der Waals surface area contributed by atoms with Gasteiger partial charge in [0.1, 0.15) is 5.75 Å². The van der Waals surface area contributed by atoms with Crippen molar-refractivity contribution in [2.24, 2.45) is 0 Å². The van der Waals surface area contributed by atoms with E-state index in [2.05, 4.69) is 5.48 Å². The van der Waals surface area contributed by atoms with E-state index in [0.29, 0.717) is 23.9 Å². The normalized spacial score (nSPS) is 10.0. The van der Waals surface area contributed by atoms with Crippen molar-refractivity contribution in [3.05, 3.63) is 17.7 Å². The monoisotopic (exact) mass is 227 g/mol. The molecule has 0 fully saturated rings. The van der Waals surface area contributed by atoms with E-state index in [9.17, 15) is 0 Å². The Bertz CT molecular complexity index is 312. The molecule has 0 atom stereocenters. The summed E-state index contributed by atoms with van der Waals surface area (Å²) in [5.41, 5.74) is 2.89. The molecule has 0 aliphatic rings. The summed E-state index contributed by atoms with van der Waals surface area (Å²) in [6.07, 6.45) is 0. The number of hydrogen-bond acceptors (Lipinski definition) is 5. The number of hydroxylamine groups is 1. The van der Waals surface area contributed by atoms with E-state index in [4.69, 9.17) is 19.4 Å². The van der Waals surface area contributed by atoms with E-state index in [1.165, 1.54) is 0 Å². The van der Waals surface area contributed by atoms with Gasteiger partial charge in [-0.1, -0.05) is 0 Å². The molecule has 0 spiro atoms. The van der Waals surface area contributed by atoms with Gasteiger partial charge in [-0.15, -0.1) is 0 Å². The van der Waals surface area contributed by atoms with Crippen LogP contribution >= 0.6 is 0 Å². The van der Waals surface area contributed by atoms with Gasteiger partial charge in [0.15, 0.2) is 11.5 Å². The number of methoxy groups -OCH3 is 2. The molecule has 0 heterocycles. The van der Waals surface area contributed by atoms with Crippen LogP contribution in [0.5, 0.6) is 17.2 Å². The Morgan fingerprint density at radius 2 is 1.81 bits per heavy atom. The predicted octanol–water partition coefficient (Wildman–Crippen LogP) is 1.58. The Balaban J connectivity index is 3.12. The van der Waals surface area contributed by atoms with Gasteiger partial charge >= 0.3 is 0 Å². The molecular weight excluding hydrogens is 210 g/mol. The first kappa shape index (κ1) is 12.6. The standard InChI is InChI=1S/C11H17NO4/c1-4-16-11-5-8(7-12-13)9(14-2)6-10(11)15-3/h5-6,12-13H,4,7H2,1-3H3. The third-order valence-electron chi connectivity index (χ3n) is 2.14. The third kappa shape index (κ3) is 2.77. The van der Waals surface area contributed by atoms with Crippen LogP contribution in [-0.4, -0.2) is 26.0 Å². The average molecular weight is 227 g/mol. The van der Waals surface area contributed by atoms with Crippen molar-refractivity contribution >= 4 is 0 Å². The van der Waals surface area contributed by atoms with Crippen molar-refractivity contribution in [2.75, 3.05) is 20.8 Å². The first-order chi connectivity index (χ1) is 7.76. The molecule has 1 aromatic rings. The van der Waals surface area contributed by atoms with Gasteiger partial charge in [-0.05, 0) is 13.0 Å². The lowest BCUT2D eigenvalue weighted by molar-refractivity contribution is 0.160. The second kappa shape index (κ2) is 6.19. The van der Waals surface area contributed by atoms with E-state index < -0.39 is 0 Å². The van der Waals surface area contributed by atoms with Gasteiger partial charge in [0, 0.05) is 18.2 Å². The molecule has 0 aliphatic heterocycles. The number of hydrogen-bond donors (Lipinski definition) is 2. The van der Waals surface area contributed by atoms with Crippen LogP contribution in [0.1, 0.15) is 12.5 Å². The van der Waals surface area contributed by atoms with Gasteiger partial charge in [-0.3, -0.25) is 0 Å². The molecule has 0 amide bonds. The smallest absolute Gasteiger partial charge is 0.164 e. The lowest BCUT2D eigenvalue weighted by Gasteiger charge is -2.14. The molecule has 16 heavy (non-hydrogen) atoms. The molecule has 0 unspecified atom stereocenters. The Kier molecular flexibility index (Phi) is 4.88. The van der Waals surface area contributed by atoms with Gasteiger partial charge in [0.25, 0.3) is 0 Å². The molecule has 0 aliphatic carbocycles. The summed E-state index contributed by atoms with van der Waals surface area (Å²) in [4.78, 5) is 0. The highest BCUT2D eigenvalue weighted by Gasteiger charge is 2.11. The SMILES string of the molecule is CCOc1cc(CNO)c(OC)cc1OC. The number of ether oxygens (including phenoxy) is 3. The average Bonchev–Trinajstić information content (AvgIpc) is 2.30. The van der Waals surface area contributed by atoms with Crippen LogP contribution in [0.3, 0.4) is 0 Å². The van der Waals surface area contributed by atoms with Crippen molar-refractivity contribution in [2.45, 2.75) is 13.5 Å². The summed E-state index contributed by atoms with van der Waals surface area (Å²) in [5, 5.41) is 8.71. The van der Waals surface area contributed by atoms with Crippen LogP contribution in [0.25, 0.3) is 0 Å². The van der Waals surface area contributed by atoms with E-state index in [1.54, 1.807) is 26.4 Å². The first-order valence-corrected chi connectivity index (χ1v) is 5.01. The molecule has 1 rings (SSSR count). The highest BCUT2D eigenvalue weighted by Crippen LogP contribution is 2.34. The molecule has 0 bridgehead atoms. The summed E-state index contributed by atoms with van der Waals surface area (Å²) < 4.78 is 15.8. The summed E-state index contributed by atoms with van der Waals surface area (Å²) in [6, 6.07) is 3.52. The van der Waals surface area contributed by atoms with Gasteiger partial charge in [-0.25, -0.2) is 5.48 Å². The highest BCUT2D eigenvalue weighted by atomic mass is 16.5. The van der Waals surface area contributed by atoms with Crippen LogP contribution in [0.2, 0.25) is 0 Å². The number of nitrogens with one attached hydrogen (secondary N) is 1. The highest BCUT2D eigenvalue weighted by molar-refractivity contribution is 5.50. The van der Waals surface area contributed by atoms with Crippen molar-refractivity contribution in [3.8, 4) is 17.2 Å². The van der Waals surface area contributed by atoms with Gasteiger partial charge in [-0.2, -0.15) is 0 Å². The molecule has 5 nitrogen and oxygen atoms in total. The second-order valence-electron chi connectivity index (χ2n) is 3.08. The van der Waals surface area contributed by atoms with E-state index >= 15 is 0 Å². The maximum absolute atomic E-state index is 8.71. The quantitative estimate of drug-likeness (QED) is 0.722. The van der Waals surface area contributed by atoms with Crippen molar-refractivity contribution in [1.29, 1.82) is 0 Å². The molecule has 0 saturated heterocycles. The fourth-order valence-electron chi connectivity index (χ4n) is 1.42. The Morgan fingerprint density at radius 1 is 1.12 bits per heavy atom. The zero-order valence-corrected chi connectivity index (χ0v) is 9.74. The van der Waals surface area contributed by atoms with Crippen molar-refractivity contribution < 1.29 is 19.4 Å². The van der Waals surface area contributed by atoms with Crippen LogP contribution < -0.4 is 19.7 Å². The van der Waals surface area contributed by atoms with Gasteiger partial charge < -0.3 is 19.4 Å². The largest absolute Gasteiger partial charge is 0.496 e. The minimum atomic E-state index is 0.285. The Labute approximate surface area is 94.9 Å². The van der Waals surface area contributed by atoms with E-state index in [0.717, 1.165) is 5.56 Å². The minimum absolute atomic E-state index is 0.285. The number of benzene rings is 1. The predicted molar refractivity (Wildman–Crippen MR) is 59.3 cm³/mol. The van der Waals surface area contributed by atoms with Gasteiger partial charge in [0.05, 0.1) is 20.8 Å². The van der Waals surface area contributed by atoms with Crippen LogP contribution in [0, 0.1) is 0 Å². The Morgan fingerprint density at radius 3 is 2.31 bits per heavy atom. The van der Waals surface area contributed by atoms with Crippen LogP contribution in [0.4, 0.5) is 0 Å². The maximum Gasteiger partial charge on any atom is 0.164 e. The van der Waals surface area contributed by atoms with Crippen LogP contribution in [0.15, 0.2) is 12.1 Å². The topological polar surface area (TPSA) is 60.0 Å². The minimum Gasteiger partial charge on any atom is -0.496 e. The maximum atomic E-state index is 8.71. The lowest BCUT2D eigenvalue weighted by Crippen LogP contribution is -2.08. The number of rotatable bonds is 6. The summed E-state index contributed by atoms with van der Waals surface area (Å²) in [7, 11) is 3.14. The third-order valence-corrected chi connectivity index (χ3v) is 2.14. The zero-order valence-electron chi connectivity index (χ0n) is 9.74. The molecule has 1 aromatic carbocycles. The van der Waals surface area contributed by atoms with Gasteiger partial charge in [0.2, 0.25) is 0 Å². The Hall–Kier alpha value is -1.46. The van der Waals surface area contributed by atoms with Crippen molar-refractivity contribution in [1.82, 2.24) is 5.48 Å². The summed E-state index contributed by atoms with van der Waals surface area (Å²) in [5.74, 6) is 1.89. The molecule has 90 valence electrons. The van der Waals surface area contributed by atoms with Crippen molar-refractivity contribution in [3.63, 3.8) is 0 Å². The first-order valence-electron chi connectivity index (χ1n) is 5.01. The fourth-order valence-corrected chi connectivity index (χ4v) is 1.42. The molecule has 0 aromatic heterocycles. The fraction of sp³-hybridized carbons (Fsp3) is 0.455. The zero-order chi connectivity index (χ0) is 12.0. The van der Waals surface area contributed by atoms with E-state index in [1.807, 2.05) is 6.92 Å². The molecule has 0 radical (unpaired) electrons. The summed E-state index contributed by atoms with van der Waals surface area (Å²) >= 11 is 0. The molecular formula is C11H17NO4. The van der Waals surface area contributed by atoms with E-state index in [-0.39, 0.29) is 6.54 Å². The second-order valence-corrected chi connectivity index (χ2v) is 3.08. The van der Waals surface area contributed by atoms with Crippen LogP contribution in [-0.2, 0) is 6.54 Å². The molecule has 2 N–H and O–H groups in total.